The molecule has 5 unspecified atom stereocenters. The van der Waals surface area contributed by atoms with Gasteiger partial charge in [-0.05, 0) is 48.4 Å². The van der Waals surface area contributed by atoms with Gasteiger partial charge in [-0.1, -0.05) is 66.8 Å². The summed E-state index contributed by atoms with van der Waals surface area (Å²) in [7, 11) is 0. The van der Waals surface area contributed by atoms with Gasteiger partial charge in [0.1, 0.15) is 11.9 Å². The van der Waals surface area contributed by atoms with Crippen LogP contribution in [0.4, 0.5) is 5.69 Å². The Hall–Kier alpha value is -4.53. The van der Waals surface area contributed by atoms with Crippen molar-refractivity contribution in [2.24, 2.45) is 5.92 Å². The largest absolute Gasteiger partial charge is 0.485 e. The van der Waals surface area contributed by atoms with E-state index >= 15 is 0 Å². The van der Waals surface area contributed by atoms with Gasteiger partial charge in [-0.2, -0.15) is 5.26 Å². The van der Waals surface area contributed by atoms with Gasteiger partial charge in [-0.3, -0.25) is 5.32 Å². The Morgan fingerprint density at radius 1 is 0.921 bits per heavy atom. The Kier molecular flexibility index (Phi) is 4.67. The number of hydrogen-bond donors (Lipinski definition) is 2. The van der Waals surface area contributed by atoms with Crippen molar-refractivity contribution in [1.29, 1.82) is 5.26 Å². The van der Waals surface area contributed by atoms with Crippen LogP contribution >= 0.6 is 0 Å². The number of aromatic nitrogens is 1. The minimum atomic E-state index is -0.167. The molecule has 4 aliphatic rings. The monoisotopic (exact) mass is 494 g/mol. The highest BCUT2D eigenvalue weighted by atomic mass is 16.5. The van der Waals surface area contributed by atoms with Crippen molar-refractivity contribution in [3.63, 3.8) is 0 Å². The summed E-state index contributed by atoms with van der Waals surface area (Å²) >= 11 is 0. The highest BCUT2D eigenvalue weighted by molar-refractivity contribution is 6.09. The van der Waals surface area contributed by atoms with Crippen LogP contribution in [-0.4, -0.2) is 10.7 Å². The molecule has 8 rings (SSSR count). The molecule has 4 aromatic rings. The molecule has 5 heteroatoms. The molecule has 0 fully saturated rings. The molecule has 5 nitrogen and oxygen atoms in total. The van der Waals surface area contributed by atoms with E-state index in [1.54, 1.807) is 0 Å². The smallest absolute Gasteiger partial charge is 0.160 e. The lowest BCUT2D eigenvalue weighted by Gasteiger charge is -2.39. The third kappa shape index (κ3) is 3.14. The van der Waals surface area contributed by atoms with E-state index in [1.807, 2.05) is 6.08 Å². The molecule has 0 spiro atoms. The lowest BCUT2D eigenvalue weighted by Crippen LogP contribution is -2.42. The average Bonchev–Trinajstić information content (AvgIpc) is 3.50. The molecule has 184 valence electrons. The summed E-state index contributed by atoms with van der Waals surface area (Å²) in [6.45, 7) is 0. The number of rotatable bonds is 2. The molecule has 3 heterocycles. The zero-order valence-corrected chi connectivity index (χ0v) is 20.7. The maximum absolute atomic E-state index is 9.58. The maximum Gasteiger partial charge on any atom is 0.160 e. The van der Waals surface area contributed by atoms with E-state index < -0.39 is 0 Å². The fraction of sp³-hybridized carbons (Fsp3) is 0.182. The number of para-hydroxylation sites is 2. The molecule has 3 aromatic carbocycles. The molecule has 2 N–H and O–H groups in total. The van der Waals surface area contributed by atoms with Crippen molar-refractivity contribution >= 4 is 27.5 Å². The second kappa shape index (κ2) is 8.24. The van der Waals surface area contributed by atoms with E-state index in [-0.39, 0.29) is 30.3 Å². The van der Waals surface area contributed by atoms with Crippen molar-refractivity contribution in [2.75, 3.05) is 5.32 Å². The Morgan fingerprint density at radius 3 is 2.74 bits per heavy atom. The summed E-state index contributed by atoms with van der Waals surface area (Å²) in [4.78, 5) is 0. The van der Waals surface area contributed by atoms with E-state index in [2.05, 4.69) is 118 Å². The number of anilines is 1. The van der Waals surface area contributed by atoms with E-state index in [0.717, 1.165) is 23.4 Å². The van der Waals surface area contributed by atoms with E-state index in [9.17, 15) is 5.26 Å². The molecule has 0 saturated heterocycles. The van der Waals surface area contributed by atoms with Crippen LogP contribution in [0.15, 0.2) is 109 Å². The number of hydrogen-bond acceptors (Lipinski definition) is 4. The first-order valence-electron chi connectivity index (χ1n) is 13.3. The molecule has 2 aliphatic carbocycles. The molecular formula is C33H26N4O. The minimum absolute atomic E-state index is 0.0591. The summed E-state index contributed by atoms with van der Waals surface area (Å²) in [5.41, 5.74) is 6.66. The molecule has 0 amide bonds. The first-order valence-corrected chi connectivity index (χ1v) is 13.3. The predicted molar refractivity (Wildman–Crippen MR) is 151 cm³/mol. The van der Waals surface area contributed by atoms with Gasteiger partial charge in [0.25, 0.3) is 0 Å². The number of ether oxygens (including phenoxy) is 1. The fourth-order valence-corrected chi connectivity index (χ4v) is 6.66. The molecule has 0 bridgehead atoms. The molecule has 1 aromatic heterocycles. The number of benzene rings is 3. The standard InChI is InChI=1S/C33H26N4O/c34-19-20-8-7-9-21(16-20)32-24-12-1-4-13-27(24)35-33(36-32)37-28-14-5-2-10-22(28)25-18-31-26(17-29(25)37)23-11-3-6-15-30(23)38-31/h1-8,10-18,21,23,30,32-33,35-36H,9H2. The summed E-state index contributed by atoms with van der Waals surface area (Å²) in [6, 6.07) is 24.1. The van der Waals surface area contributed by atoms with E-state index in [4.69, 9.17) is 4.74 Å². The minimum Gasteiger partial charge on any atom is -0.485 e. The summed E-state index contributed by atoms with van der Waals surface area (Å²) in [5, 5.41) is 19.7. The number of fused-ring (bicyclic) bond motifs is 7. The molecular weight excluding hydrogens is 468 g/mol. The van der Waals surface area contributed by atoms with Crippen LogP contribution in [0, 0.1) is 17.2 Å². The Labute approximate surface area is 221 Å². The number of nitrogens with one attached hydrogen (secondary N) is 2. The van der Waals surface area contributed by atoms with Crippen LogP contribution in [0.2, 0.25) is 0 Å². The lowest BCUT2D eigenvalue weighted by atomic mass is 9.84. The topological polar surface area (TPSA) is 62.0 Å². The van der Waals surface area contributed by atoms with Gasteiger partial charge in [-0.15, -0.1) is 0 Å². The zero-order valence-electron chi connectivity index (χ0n) is 20.7. The van der Waals surface area contributed by atoms with Crippen LogP contribution in [0.1, 0.15) is 35.8 Å². The second-order valence-electron chi connectivity index (χ2n) is 10.5. The van der Waals surface area contributed by atoms with Gasteiger partial charge in [0, 0.05) is 45.5 Å². The Bertz CT molecular complexity index is 1780. The van der Waals surface area contributed by atoms with Gasteiger partial charge in [0.05, 0.1) is 17.1 Å². The van der Waals surface area contributed by atoms with Crippen molar-refractivity contribution < 1.29 is 4.74 Å². The average molecular weight is 495 g/mol. The van der Waals surface area contributed by atoms with Crippen LogP contribution < -0.4 is 15.4 Å². The van der Waals surface area contributed by atoms with Crippen molar-refractivity contribution in [1.82, 2.24) is 9.88 Å². The van der Waals surface area contributed by atoms with Gasteiger partial charge in [-0.25, -0.2) is 0 Å². The van der Waals surface area contributed by atoms with Crippen molar-refractivity contribution in [2.45, 2.75) is 30.8 Å². The van der Waals surface area contributed by atoms with Gasteiger partial charge < -0.3 is 14.6 Å². The number of nitriles is 1. The zero-order chi connectivity index (χ0) is 25.2. The summed E-state index contributed by atoms with van der Waals surface area (Å²) in [5.74, 6) is 1.39. The van der Waals surface area contributed by atoms with Gasteiger partial charge in [0.15, 0.2) is 6.29 Å². The third-order valence-electron chi connectivity index (χ3n) is 8.39. The first kappa shape index (κ1) is 21.5. The van der Waals surface area contributed by atoms with Crippen LogP contribution in [0.3, 0.4) is 0 Å². The number of nitrogens with zero attached hydrogens (tertiary/aromatic N) is 2. The third-order valence-corrected chi connectivity index (χ3v) is 8.39. The summed E-state index contributed by atoms with van der Waals surface area (Å²) in [6.07, 6.45) is 15.5. The lowest BCUT2D eigenvalue weighted by molar-refractivity contribution is 0.269. The van der Waals surface area contributed by atoms with Crippen molar-refractivity contribution in [3.05, 3.63) is 120 Å². The molecule has 0 radical (unpaired) electrons. The van der Waals surface area contributed by atoms with E-state index in [1.165, 1.54) is 32.9 Å². The van der Waals surface area contributed by atoms with E-state index in [0.29, 0.717) is 0 Å². The SMILES string of the molecule is N#CC1=CC(C2NC(n3c4ccccc4c4cc5c(cc43)C3C=CC=CC3O5)Nc3ccccc32)CC=C1. The predicted octanol–water partition coefficient (Wildman–Crippen LogP) is 7.00. The molecule has 38 heavy (non-hydrogen) atoms. The normalized spacial score (nSPS) is 26.7. The number of allylic oxidation sites excluding steroid dienone is 5. The quantitative estimate of drug-likeness (QED) is 0.315. The second-order valence-corrected chi connectivity index (χ2v) is 10.5. The van der Waals surface area contributed by atoms with Crippen LogP contribution in [0.5, 0.6) is 5.75 Å². The van der Waals surface area contributed by atoms with Crippen molar-refractivity contribution in [3.8, 4) is 11.8 Å². The van der Waals surface area contributed by atoms with Crippen LogP contribution in [-0.2, 0) is 0 Å². The Balaban J connectivity index is 1.30. The van der Waals surface area contributed by atoms with Gasteiger partial charge >= 0.3 is 0 Å². The molecule has 0 saturated carbocycles. The molecule has 5 atom stereocenters. The Morgan fingerprint density at radius 2 is 1.79 bits per heavy atom. The maximum atomic E-state index is 9.58. The highest BCUT2D eigenvalue weighted by Gasteiger charge is 2.36. The first-order chi connectivity index (χ1) is 18.8. The highest BCUT2D eigenvalue weighted by Crippen LogP contribution is 2.46. The summed E-state index contributed by atoms with van der Waals surface area (Å²) < 4.78 is 8.77. The fourth-order valence-electron chi connectivity index (χ4n) is 6.66. The van der Waals surface area contributed by atoms with Gasteiger partial charge in [0.2, 0.25) is 0 Å². The van der Waals surface area contributed by atoms with Crippen LogP contribution in [0.25, 0.3) is 21.8 Å². The molecule has 2 aliphatic heterocycles.